The molecule has 0 N–H and O–H groups in total. The number of fused-ring (bicyclic) bond motifs is 1. The van der Waals surface area contributed by atoms with Crippen LogP contribution in [-0.4, -0.2) is 46.7 Å². The van der Waals surface area contributed by atoms with Gasteiger partial charge in [-0.3, -0.25) is 13.9 Å². The van der Waals surface area contributed by atoms with Crippen molar-refractivity contribution in [3.8, 4) is 34.4 Å². The molecule has 1 aliphatic carbocycles. The second-order valence-corrected chi connectivity index (χ2v) is 11.6. The number of hydrogen-bond acceptors (Lipinski definition) is 6. The Bertz CT molecular complexity index is 1870. The standard InChI is InChI=1S/C32H32N8O/c1-21-4-3-11-38(16-21)17-23-5-9-26-19-40(32(41)39(26)18-23)30-14-25(13-29(35-30)24-7-8-24)27-10-6-22(15-33)12-28(27)31-36-34-20-37(31)2/h5-6,9-10,12-14,18-21,24H,3-4,7-8,11,16-17H2,1-2H3/t21-/m0/s1. The van der Waals surface area contributed by atoms with Gasteiger partial charge in [0.1, 0.15) is 12.1 Å². The molecule has 1 aromatic carbocycles. The predicted octanol–water partition coefficient (Wildman–Crippen LogP) is 4.93. The van der Waals surface area contributed by atoms with E-state index in [2.05, 4.69) is 40.2 Å². The summed E-state index contributed by atoms with van der Waals surface area (Å²) in [4.78, 5) is 21.2. The van der Waals surface area contributed by atoms with E-state index < -0.39 is 0 Å². The summed E-state index contributed by atoms with van der Waals surface area (Å²) < 4.78 is 5.24. The molecule has 1 saturated carbocycles. The summed E-state index contributed by atoms with van der Waals surface area (Å²) in [5.41, 5.74) is 6.03. The highest BCUT2D eigenvalue weighted by Gasteiger charge is 2.27. The maximum atomic E-state index is 13.8. The number of piperidine rings is 1. The highest BCUT2D eigenvalue weighted by molar-refractivity contribution is 5.82. The minimum Gasteiger partial charge on any atom is -0.317 e. The lowest BCUT2D eigenvalue weighted by Gasteiger charge is -2.30. The maximum Gasteiger partial charge on any atom is 0.338 e. The summed E-state index contributed by atoms with van der Waals surface area (Å²) in [6.45, 7) is 5.36. The van der Waals surface area contributed by atoms with Crippen LogP contribution in [0.1, 0.15) is 55.3 Å². The van der Waals surface area contributed by atoms with Crippen LogP contribution in [0.5, 0.6) is 0 Å². The molecule has 2 fully saturated rings. The lowest BCUT2D eigenvalue weighted by Crippen LogP contribution is -2.33. The fourth-order valence-corrected chi connectivity index (χ4v) is 6.06. The zero-order valence-electron chi connectivity index (χ0n) is 23.4. The van der Waals surface area contributed by atoms with Crippen LogP contribution in [0.15, 0.2) is 66.0 Å². The van der Waals surface area contributed by atoms with Crippen LogP contribution in [0.2, 0.25) is 0 Å². The summed E-state index contributed by atoms with van der Waals surface area (Å²) in [5.74, 6) is 2.36. The molecule has 9 nitrogen and oxygen atoms in total. The van der Waals surface area contributed by atoms with E-state index in [0.29, 0.717) is 29.0 Å². The number of aryl methyl sites for hydroxylation is 1. The van der Waals surface area contributed by atoms with Crippen molar-refractivity contribution >= 4 is 5.52 Å². The minimum atomic E-state index is -0.131. The lowest BCUT2D eigenvalue weighted by atomic mass is 9.96. The molecule has 1 aliphatic heterocycles. The van der Waals surface area contributed by atoms with Crippen LogP contribution in [-0.2, 0) is 13.6 Å². The summed E-state index contributed by atoms with van der Waals surface area (Å²) >= 11 is 0. The van der Waals surface area contributed by atoms with Gasteiger partial charge in [-0.2, -0.15) is 5.26 Å². The SMILES string of the molecule is C[C@H]1CCCN(Cc2ccc3cn(-c4cc(-c5ccc(C#N)cc5-c5nncn5C)cc(C5CC5)n4)c(=O)n3c2)C1. The molecule has 206 valence electrons. The van der Waals surface area contributed by atoms with Crippen molar-refractivity contribution in [1.82, 2.24) is 33.6 Å². The average molecular weight is 545 g/mol. The first kappa shape index (κ1) is 25.4. The van der Waals surface area contributed by atoms with Crippen LogP contribution in [0.25, 0.3) is 33.8 Å². The summed E-state index contributed by atoms with van der Waals surface area (Å²) in [5, 5.41) is 18.0. The number of aromatic nitrogens is 6. The Balaban J connectivity index is 1.32. The van der Waals surface area contributed by atoms with Gasteiger partial charge in [0.05, 0.1) is 17.1 Å². The third kappa shape index (κ3) is 4.85. The molecule has 0 unspecified atom stereocenters. The van der Waals surface area contributed by atoms with E-state index in [1.165, 1.54) is 12.8 Å². The summed E-state index contributed by atoms with van der Waals surface area (Å²) in [6, 6.07) is 16.1. The van der Waals surface area contributed by atoms with Gasteiger partial charge in [-0.15, -0.1) is 10.2 Å². The van der Waals surface area contributed by atoms with Gasteiger partial charge < -0.3 is 4.57 Å². The van der Waals surface area contributed by atoms with Gasteiger partial charge in [0.25, 0.3) is 0 Å². The van der Waals surface area contributed by atoms with Crippen molar-refractivity contribution in [1.29, 1.82) is 5.26 Å². The number of hydrogen-bond donors (Lipinski definition) is 0. The Morgan fingerprint density at radius 3 is 2.68 bits per heavy atom. The van der Waals surface area contributed by atoms with Crippen LogP contribution < -0.4 is 5.69 Å². The number of nitriles is 1. The van der Waals surface area contributed by atoms with E-state index in [4.69, 9.17) is 4.98 Å². The first-order valence-corrected chi connectivity index (χ1v) is 14.3. The van der Waals surface area contributed by atoms with Gasteiger partial charge in [-0.25, -0.2) is 9.78 Å². The second-order valence-electron chi connectivity index (χ2n) is 11.6. The van der Waals surface area contributed by atoms with E-state index in [0.717, 1.165) is 65.9 Å². The molecule has 0 radical (unpaired) electrons. The van der Waals surface area contributed by atoms with Gasteiger partial charge in [0.15, 0.2) is 5.82 Å². The van der Waals surface area contributed by atoms with E-state index in [1.807, 2.05) is 54.3 Å². The van der Waals surface area contributed by atoms with Crippen LogP contribution in [0.3, 0.4) is 0 Å². The Hall–Kier alpha value is -4.55. The summed E-state index contributed by atoms with van der Waals surface area (Å²) in [7, 11) is 1.89. The minimum absolute atomic E-state index is 0.131. The Kier molecular flexibility index (Phi) is 6.28. The van der Waals surface area contributed by atoms with Crippen LogP contribution in [0.4, 0.5) is 0 Å². The highest BCUT2D eigenvalue weighted by atomic mass is 16.1. The van der Waals surface area contributed by atoms with Crippen molar-refractivity contribution < 1.29 is 0 Å². The van der Waals surface area contributed by atoms with E-state index >= 15 is 0 Å². The molecule has 0 amide bonds. The fourth-order valence-electron chi connectivity index (χ4n) is 6.06. The van der Waals surface area contributed by atoms with Crippen molar-refractivity contribution in [3.05, 3.63) is 88.5 Å². The zero-order valence-corrected chi connectivity index (χ0v) is 23.4. The first-order valence-electron chi connectivity index (χ1n) is 14.3. The van der Waals surface area contributed by atoms with E-state index in [1.54, 1.807) is 15.3 Å². The second kappa shape index (κ2) is 10.1. The van der Waals surface area contributed by atoms with Crippen molar-refractivity contribution in [2.45, 2.75) is 45.1 Å². The Morgan fingerprint density at radius 2 is 1.93 bits per heavy atom. The molecule has 2 aliphatic rings. The molecular formula is C32H32N8O. The molecule has 5 aromatic rings. The Labute approximate surface area is 238 Å². The molecular weight excluding hydrogens is 512 g/mol. The van der Waals surface area contributed by atoms with Crippen LogP contribution >= 0.6 is 0 Å². The molecule has 7 rings (SSSR count). The van der Waals surface area contributed by atoms with Crippen molar-refractivity contribution in [2.24, 2.45) is 13.0 Å². The molecule has 1 atom stereocenters. The predicted molar refractivity (Wildman–Crippen MR) is 157 cm³/mol. The number of benzene rings is 1. The Morgan fingerprint density at radius 1 is 1.05 bits per heavy atom. The largest absolute Gasteiger partial charge is 0.338 e. The normalized spacial score (nSPS) is 17.6. The van der Waals surface area contributed by atoms with Gasteiger partial charge >= 0.3 is 5.69 Å². The highest BCUT2D eigenvalue weighted by Crippen LogP contribution is 2.42. The van der Waals surface area contributed by atoms with Gasteiger partial charge in [-0.05, 0) is 85.2 Å². The van der Waals surface area contributed by atoms with Gasteiger partial charge in [-0.1, -0.05) is 19.1 Å². The first-order chi connectivity index (χ1) is 20.0. The third-order valence-corrected chi connectivity index (χ3v) is 8.35. The topological polar surface area (TPSA) is 97.0 Å². The number of imidazole rings is 1. The lowest BCUT2D eigenvalue weighted by molar-refractivity contribution is 0.176. The van der Waals surface area contributed by atoms with Gasteiger partial charge in [0, 0.05) is 49.7 Å². The molecule has 5 heterocycles. The number of pyridine rings is 2. The molecule has 9 heteroatoms. The molecule has 4 aromatic heterocycles. The van der Waals surface area contributed by atoms with Crippen LogP contribution in [0, 0.1) is 17.2 Å². The molecule has 41 heavy (non-hydrogen) atoms. The van der Waals surface area contributed by atoms with E-state index in [9.17, 15) is 10.1 Å². The van der Waals surface area contributed by atoms with Crippen molar-refractivity contribution in [2.75, 3.05) is 13.1 Å². The monoisotopic (exact) mass is 544 g/mol. The molecule has 0 bridgehead atoms. The van der Waals surface area contributed by atoms with Gasteiger partial charge in [0.2, 0.25) is 0 Å². The third-order valence-electron chi connectivity index (χ3n) is 8.35. The van der Waals surface area contributed by atoms with Crippen molar-refractivity contribution in [3.63, 3.8) is 0 Å². The smallest absolute Gasteiger partial charge is 0.317 e. The summed E-state index contributed by atoms with van der Waals surface area (Å²) in [6.07, 6.45) is 10.2. The maximum absolute atomic E-state index is 13.8. The quantitative estimate of drug-likeness (QED) is 0.301. The van der Waals surface area contributed by atoms with E-state index in [-0.39, 0.29) is 5.69 Å². The number of rotatable bonds is 6. The molecule has 1 saturated heterocycles. The molecule has 0 spiro atoms. The average Bonchev–Trinajstić information content (AvgIpc) is 3.67. The fraction of sp³-hybridized carbons (Fsp3) is 0.344. The number of nitrogens with zero attached hydrogens (tertiary/aromatic N) is 8. The zero-order chi connectivity index (χ0) is 28.1. The number of likely N-dealkylation sites (tertiary alicyclic amines) is 1.